The maximum Gasteiger partial charge on any atom is 0.416 e. The number of rotatable bonds is 6. The first-order valence-electron chi connectivity index (χ1n) is 8.82. The van der Waals surface area contributed by atoms with Crippen LogP contribution in [0.15, 0.2) is 36.4 Å². The third-order valence-electron chi connectivity index (χ3n) is 4.99. The SMILES string of the molecule is C=C(CC(=O)NC1CS(=O)C1)C(=O)OC1(c2ccc(C(F)(F)F)cc2)CCC1. The maximum atomic E-state index is 12.7. The highest BCUT2D eigenvalue weighted by Gasteiger charge is 2.43. The van der Waals surface area contributed by atoms with Crippen molar-refractivity contribution in [2.24, 2.45) is 0 Å². The van der Waals surface area contributed by atoms with E-state index in [1.54, 1.807) is 0 Å². The topological polar surface area (TPSA) is 72.5 Å². The first-order chi connectivity index (χ1) is 13.1. The molecule has 2 aliphatic rings. The Morgan fingerprint density at radius 2 is 1.82 bits per heavy atom. The van der Waals surface area contributed by atoms with Crippen LogP contribution in [0.1, 0.15) is 36.8 Å². The van der Waals surface area contributed by atoms with Crippen LogP contribution in [0.3, 0.4) is 0 Å². The number of ether oxygens (including phenoxy) is 1. The van der Waals surface area contributed by atoms with Crippen molar-refractivity contribution >= 4 is 22.7 Å². The van der Waals surface area contributed by atoms with Gasteiger partial charge in [0.05, 0.1) is 18.0 Å². The van der Waals surface area contributed by atoms with Gasteiger partial charge in [-0.3, -0.25) is 9.00 Å². The van der Waals surface area contributed by atoms with Crippen LogP contribution in [0.5, 0.6) is 0 Å². The molecule has 1 N–H and O–H groups in total. The summed E-state index contributed by atoms with van der Waals surface area (Å²) in [5.41, 5.74) is -1.29. The number of alkyl halides is 3. The van der Waals surface area contributed by atoms with Crippen LogP contribution in [-0.4, -0.2) is 33.6 Å². The highest BCUT2D eigenvalue weighted by molar-refractivity contribution is 7.86. The van der Waals surface area contributed by atoms with Crippen LogP contribution < -0.4 is 5.32 Å². The van der Waals surface area contributed by atoms with Crippen LogP contribution in [0, 0.1) is 0 Å². The van der Waals surface area contributed by atoms with Gasteiger partial charge in [-0.1, -0.05) is 18.7 Å². The van der Waals surface area contributed by atoms with E-state index < -0.39 is 40.0 Å². The summed E-state index contributed by atoms with van der Waals surface area (Å²) in [5, 5.41) is 2.67. The van der Waals surface area contributed by atoms with Crippen LogP contribution in [0.25, 0.3) is 0 Å². The zero-order chi connectivity index (χ0) is 20.5. The smallest absolute Gasteiger partial charge is 0.416 e. The lowest BCUT2D eigenvalue weighted by molar-refractivity contribution is -0.167. The molecule has 1 saturated heterocycles. The number of hydrogen-bond acceptors (Lipinski definition) is 4. The Bertz CT molecular complexity index is 807. The Morgan fingerprint density at radius 3 is 2.29 bits per heavy atom. The minimum atomic E-state index is -4.43. The second-order valence-corrected chi connectivity index (χ2v) is 8.68. The quantitative estimate of drug-likeness (QED) is 0.573. The molecule has 0 unspecified atom stereocenters. The molecule has 2 fully saturated rings. The number of benzene rings is 1. The van der Waals surface area contributed by atoms with E-state index in [9.17, 15) is 27.0 Å². The van der Waals surface area contributed by atoms with Crippen molar-refractivity contribution in [3.05, 3.63) is 47.5 Å². The van der Waals surface area contributed by atoms with E-state index in [1.807, 2.05) is 0 Å². The molecule has 9 heteroatoms. The van der Waals surface area contributed by atoms with Crippen LogP contribution in [0.2, 0.25) is 0 Å². The summed E-state index contributed by atoms with van der Waals surface area (Å²) < 4.78 is 54.8. The molecule has 1 heterocycles. The Kier molecular flexibility index (Phi) is 5.65. The van der Waals surface area contributed by atoms with Crippen molar-refractivity contribution < 1.29 is 31.7 Å². The van der Waals surface area contributed by atoms with Gasteiger partial charge in [0, 0.05) is 27.9 Å². The van der Waals surface area contributed by atoms with Gasteiger partial charge in [0.15, 0.2) is 0 Å². The fourth-order valence-corrected chi connectivity index (χ4v) is 4.15. The molecule has 1 saturated carbocycles. The number of carbonyl (C=O) groups excluding carboxylic acids is 2. The second-order valence-electron chi connectivity index (χ2n) is 7.13. The minimum absolute atomic E-state index is 0.0314. The van der Waals surface area contributed by atoms with Crippen LogP contribution in [-0.2, 0) is 36.9 Å². The van der Waals surface area contributed by atoms with E-state index in [0.717, 1.165) is 18.6 Å². The molecular formula is C19H20F3NO4S. The molecule has 5 nitrogen and oxygen atoms in total. The predicted molar refractivity (Wildman–Crippen MR) is 96.6 cm³/mol. The Morgan fingerprint density at radius 1 is 1.21 bits per heavy atom. The van der Waals surface area contributed by atoms with Gasteiger partial charge in [0.1, 0.15) is 5.60 Å². The van der Waals surface area contributed by atoms with Crippen molar-refractivity contribution in [1.82, 2.24) is 5.32 Å². The number of hydrogen-bond donors (Lipinski definition) is 1. The first kappa shape index (κ1) is 20.6. The van der Waals surface area contributed by atoms with Crippen LogP contribution >= 0.6 is 0 Å². The number of esters is 1. The van der Waals surface area contributed by atoms with Crippen molar-refractivity contribution in [2.75, 3.05) is 11.5 Å². The lowest BCUT2D eigenvalue weighted by Crippen LogP contribution is -2.50. The standard InChI is InChI=1S/C19H20F3NO4S/c1-12(9-16(24)23-15-10-28(26)11-15)17(25)27-18(7-2-8-18)13-3-5-14(6-4-13)19(20,21)22/h3-6,15H,1-2,7-11H2,(H,23,24). The van der Waals surface area contributed by atoms with Crippen molar-refractivity contribution in [3.63, 3.8) is 0 Å². The molecule has 0 aromatic heterocycles. The van der Waals surface area contributed by atoms with E-state index in [4.69, 9.17) is 4.74 Å². The van der Waals surface area contributed by atoms with Gasteiger partial charge in [0.25, 0.3) is 0 Å². The summed E-state index contributed by atoms with van der Waals surface area (Å²) in [6.07, 6.45) is -2.91. The molecule has 0 radical (unpaired) electrons. The maximum absolute atomic E-state index is 12.7. The summed E-state index contributed by atoms with van der Waals surface area (Å²) in [7, 11) is -0.895. The average molecular weight is 415 g/mol. The summed E-state index contributed by atoms with van der Waals surface area (Å²) in [6, 6.07) is 4.42. The zero-order valence-electron chi connectivity index (χ0n) is 15.0. The van der Waals surface area contributed by atoms with Crippen molar-refractivity contribution in [3.8, 4) is 0 Å². The molecule has 1 aliphatic heterocycles. The summed E-state index contributed by atoms with van der Waals surface area (Å²) >= 11 is 0. The van der Waals surface area contributed by atoms with Gasteiger partial charge >= 0.3 is 12.1 Å². The Balaban J connectivity index is 1.60. The molecule has 1 aromatic carbocycles. The molecular weight excluding hydrogens is 395 g/mol. The highest BCUT2D eigenvalue weighted by Crippen LogP contribution is 2.46. The van der Waals surface area contributed by atoms with Gasteiger partial charge in [0.2, 0.25) is 5.91 Å². The number of nitrogens with one attached hydrogen (secondary N) is 1. The third kappa shape index (κ3) is 4.45. The summed E-state index contributed by atoms with van der Waals surface area (Å²) in [5.74, 6) is -0.341. The van der Waals surface area contributed by atoms with Gasteiger partial charge in [-0.15, -0.1) is 0 Å². The molecule has 0 spiro atoms. The van der Waals surface area contributed by atoms with Crippen molar-refractivity contribution in [2.45, 2.75) is 43.5 Å². The Hall–Kier alpha value is -2.16. The number of amides is 1. The number of halogens is 3. The summed E-state index contributed by atoms with van der Waals surface area (Å²) in [4.78, 5) is 24.3. The Labute approximate surface area is 162 Å². The molecule has 1 amide bonds. The van der Waals surface area contributed by atoms with Gasteiger partial charge in [-0.2, -0.15) is 13.2 Å². The highest BCUT2D eigenvalue weighted by atomic mass is 32.2. The molecule has 0 atom stereocenters. The second kappa shape index (κ2) is 7.69. The van der Waals surface area contributed by atoms with Gasteiger partial charge < -0.3 is 10.1 Å². The van der Waals surface area contributed by atoms with Crippen molar-refractivity contribution in [1.29, 1.82) is 0 Å². The van der Waals surface area contributed by atoms with E-state index >= 15 is 0 Å². The minimum Gasteiger partial charge on any atom is -0.451 e. The van der Waals surface area contributed by atoms with Gasteiger partial charge in [-0.05, 0) is 37.0 Å². The van der Waals surface area contributed by atoms with Gasteiger partial charge in [-0.25, -0.2) is 4.79 Å². The molecule has 1 aliphatic carbocycles. The molecule has 152 valence electrons. The lowest BCUT2D eigenvalue weighted by Gasteiger charge is -2.41. The van der Waals surface area contributed by atoms with E-state index in [1.165, 1.54) is 12.1 Å². The molecule has 28 heavy (non-hydrogen) atoms. The monoisotopic (exact) mass is 415 g/mol. The predicted octanol–water partition coefficient (Wildman–Crippen LogP) is 2.82. The molecule has 3 rings (SSSR count). The fourth-order valence-electron chi connectivity index (χ4n) is 3.19. The largest absolute Gasteiger partial charge is 0.451 e. The lowest BCUT2D eigenvalue weighted by atomic mass is 9.74. The summed E-state index contributed by atoms with van der Waals surface area (Å²) in [6.45, 7) is 3.60. The third-order valence-corrected chi connectivity index (χ3v) is 6.54. The average Bonchev–Trinajstić information content (AvgIpc) is 2.55. The zero-order valence-corrected chi connectivity index (χ0v) is 15.8. The fraction of sp³-hybridized carbons (Fsp3) is 0.474. The first-order valence-corrected chi connectivity index (χ1v) is 10.3. The molecule has 0 bridgehead atoms. The normalized spacial score (nSPS) is 23.1. The van der Waals surface area contributed by atoms with E-state index in [0.29, 0.717) is 29.9 Å². The molecule has 1 aromatic rings. The van der Waals surface area contributed by atoms with E-state index in [-0.39, 0.29) is 18.0 Å². The number of carbonyl (C=O) groups is 2. The van der Waals surface area contributed by atoms with E-state index in [2.05, 4.69) is 11.9 Å². The van der Waals surface area contributed by atoms with Crippen LogP contribution in [0.4, 0.5) is 13.2 Å².